The number of aromatic nitrogens is 1. The quantitative estimate of drug-likeness (QED) is 0.119. The molecular weight excluding hydrogens is 486 g/mol. The molecule has 14 heteroatoms. The average Bonchev–Trinajstić information content (AvgIpc) is 3.21. The lowest BCUT2D eigenvalue weighted by Crippen LogP contribution is -2.71. The summed E-state index contributed by atoms with van der Waals surface area (Å²) in [6, 6.07) is -0.988. The molecule has 0 radical (unpaired) electrons. The number of nitrogens with zero attached hydrogens (tertiary/aromatic N) is 3. The number of amides is 2. The number of carbonyl (C=O) groups excluding carboxylic acids is 4. The van der Waals surface area contributed by atoms with Crippen molar-refractivity contribution in [1.82, 2.24) is 15.2 Å². The minimum absolute atomic E-state index is 0.0376. The third kappa shape index (κ3) is 4.92. The van der Waals surface area contributed by atoms with Gasteiger partial charge in [-0.3, -0.25) is 19.3 Å². The van der Waals surface area contributed by atoms with E-state index in [2.05, 4.69) is 22.0 Å². The molecule has 0 aliphatic carbocycles. The number of ether oxygens (including phenoxy) is 2. The van der Waals surface area contributed by atoms with Crippen LogP contribution in [0.15, 0.2) is 34.5 Å². The zero-order chi connectivity index (χ0) is 25.2. The Morgan fingerprint density at radius 2 is 2.12 bits per heavy atom. The second-order valence-electron chi connectivity index (χ2n) is 8.19. The van der Waals surface area contributed by atoms with Gasteiger partial charge in [0, 0.05) is 11.1 Å². The van der Waals surface area contributed by atoms with Crippen LogP contribution in [0.4, 0.5) is 5.13 Å². The maximum absolute atomic E-state index is 12.9. The smallest absolute Gasteiger partial charge is 0.358 e. The van der Waals surface area contributed by atoms with Crippen molar-refractivity contribution in [3.05, 3.63) is 35.0 Å². The maximum Gasteiger partial charge on any atom is 0.358 e. The molecule has 2 aliphatic rings. The number of hydrogen-bond acceptors (Lipinski definition) is 12. The van der Waals surface area contributed by atoms with Crippen molar-refractivity contribution in [2.24, 2.45) is 10.6 Å². The number of oxime groups is 1. The van der Waals surface area contributed by atoms with Gasteiger partial charge < -0.3 is 25.7 Å². The highest BCUT2D eigenvalue weighted by Gasteiger charge is 2.54. The number of thiazole rings is 1. The molecule has 2 aliphatic heterocycles. The molecule has 2 atom stereocenters. The number of rotatable bonds is 7. The summed E-state index contributed by atoms with van der Waals surface area (Å²) in [7, 11) is 0. The zero-order valence-electron chi connectivity index (χ0n) is 18.6. The number of allylic oxidation sites excluding steroid dienone is 1. The van der Waals surface area contributed by atoms with E-state index in [1.807, 2.05) is 0 Å². The monoisotopic (exact) mass is 509 g/mol. The summed E-state index contributed by atoms with van der Waals surface area (Å²) in [6.07, 6.45) is 1.43. The molecule has 1 unspecified atom stereocenters. The van der Waals surface area contributed by atoms with Gasteiger partial charge in [0.1, 0.15) is 22.8 Å². The Hall–Kier alpha value is -3.39. The van der Waals surface area contributed by atoms with Crippen LogP contribution in [-0.4, -0.2) is 68.5 Å². The molecule has 4 N–H and O–H groups in total. The lowest BCUT2D eigenvalue weighted by atomic mass is 9.98. The van der Waals surface area contributed by atoms with E-state index in [0.29, 0.717) is 11.3 Å². The molecular formula is C20H23N5O7S2. The van der Waals surface area contributed by atoms with Crippen LogP contribution in [0.25, 0.3) is 0 Å². The first-order valence-corrected chi connectivity index (χ1v) is 11.8. The number of β-lactam (4-membered cyclic amide) rings is 1. The van der Waals surface area contributed by atoms with Gasteiger partial charge in [0.15, 0.2) is 10.8 Å². The molecule has 12 nitrogen and oxygen atoms in total. The second-order valence-corrected chi connectivity index (χ2v) is 10.2. The Kier molecular flexibility index (Phi) is 7.31. The third-order valence-electron chi connectivity index (χ3n) is 4.80. The molecule has 0 aromatic carbocycles. The maximum atomic E-state index is 12.9. The zero-order valence-corrected chi connectivity index (χ0v) is 20.2. The van der Waals surface area contributed by atoms with Gasteiger partial charge in [0.25, 0.3) is 11.8 Å². The summed E-state index contributed by atoms with van der Waals surface area (Å²) in [5.74, 6) is -2.50. The fourth-order valence-electron chi connectivity index (χ4n) is 3.03. The molecule has 3 rings (SSSR count). The second kappa shape index (κ2) is 9.85. The first kappa shape index (κ1) is 25.2. The van der Waals surface area contributed by atoms with Crippen LogP contribution < -0.4 is 11.1 Å². The molecule has 1 fully saturated rings. The van der Waals surface area contributed by atoms with Crippen molar-refractivity contribution in [1.29, 1.82) is 0 Å². The predicted molar refractivity (Wildman–Crippen MR) is 124 cm³/mol. The lowest BCUT2D eigenvalue weighted by Gasteiger charge is -2.49. The van der Waals surface area contributed by atoms with E-state index in [4.69, 9.17) is 15.2 Å². The average molecular weight is 510 g/mol. The van der Waals surface area contributed by atoms with E-state index in [1.165, 1.54) is 28.1 Å². The summed E-state index contributed by atoms with van der Waals surface area (Å²) in [5.41, 5.74) is 4.86. The standard InChI is InChI=1S/C20H23N5O7S2/c1-5-9-6-33-16-12(23-14(26)11(24-30)10-7-34-19(21)22-10)15(27)25(16)13(9)17(28)31-8-32-18(29)20(2,3)4/h5,7,12,16,30H,1,6,8H2,2-4H3,(H2,21,22)(H,23,26)/b24-11-/t12?,16-/m1/s1. The van der Waals surface area contributed by atoms with Crippen molar-refractivity contribution in [3.63, 3.8) is 0 Å². The van der Waals surface area contributed by atoms with E-state index in [9.17, 15) is 24.4 Å². The minimum atomic E-state index is -0.988. The van der Waals surface area contributed by atoms with Crippen LogP contribution in [-0.2, 0) is 28.7 Å². The summed E-state index contributed by atoms with van der Waals surface area (Å²) in [6.45, 7) is 8.02. The Bertz CT molecular complexity index is 1110. The van der Waals surface area contributed by atoms with Crippen molar-refractivity contribution < 1.29 is 33.9 Å². The highest BCUT2D eigenvalue weighted by molar-refractivity contribution is 8.00. The first-order valence-electron chi connectivity index (χ1n) is 9.88. The van der Waals surface area contributed by atoms with E-state index >= 15 is 0 Å². The highest BCUT2D eigenvalue weighted by Crippen LogP contribution is 2.41. The fraction of sp³-hybridized carbons (Fsp3) is 0.400. The molecule has 182 valence electrons. The van der Waals surface area contributed by atoms with Crippen LogP contribution in [0, 0.1) is 5.41 Å². The van der Waals surface area contributed by atoms with Gasteiger partial charge in [-0.05, 0) is 26.3 Å². The van der Waals surface area contributed by atoms with Crippen LogP contribution in [0.5, 0.6) is 0 Å². The number of nitrogen functional groups attached to an aromatic ring is 1. The van der Waals surface area contributed by atoms with E-state index in [1.54, 1.807) is 20.8 Å². The molecule has 0 bridgehead atoms. The van der Waals surface area contributed by atoms with Crippen LogP contribution in [0.2, 0.25) is 0 Å². The van der Waals surface area contributed by atoms with E-state index < -0.39 is 53.1 Å². The van der Waals surface area contributed by atoms with Crippen LogP contribution >= 0.6 is 23.1 Å². The topological polar surface area (TPSA) is 174 Å². The number of anilines is 1. The van der Waals surface area contributed by atoms with Gasteiger partial charge in [-0.2, -0.15) is 0 Å². The van der Waals surface area contributed by atoms with Crippen molar-refractivity contribution in [3.8, 4) is 0 Å². The Morgan fingerprint density at radius 3 is 2.68 bits per heavy atom. The van der Waals surface area contributed by atoms with E-state index in [-0.39, 0.29) is 16.5 Å². The normalized spacial score (nSPS) is 20.3. The third-order valence-corrected chi connectivity index (χ3v) is 6.77. The molecule has 0 spiro atoms. The van der Waals surface area contributed by atoms with Gasteiger partial charge in [0.05, 0.1) is 5.41 Å². The van der Waals surface area contributed by atoms with Crippen LogP contribution in [0.1, 0.15) is 26.5 Å². The number of nitrogens with two attached hydrogens (primary N) is 1. The largest absolute Gasteiger partial charge is 0.427 e. The summed E-state index contributed by atoms with van der Waals surface area (Å²) >= 11 is 2.36. The predicted octanol–water partition coefficient (Wildman–Crippen LogP) is 0.834. The molecule has 1 aromatic heterocycles. The fourth-order valence-corrected chi connectivity index (χ4v) is 4.92. The SMILES string of the molecule is C=CC1=C(C(=O)OCOC(=O)C(C)(C)C)N2C(=O)C(NC(=O)/C(=N\O)c3csc(N)n3)[C@H]2SC1. The van der Waals surface area contributed by atoms with Gasteiger partial charge >= 0.3 is 11.9 Å². The molecule has 1 saturated heterocycles. The highest BCUT2D eigenvalue weighted by atomic mass is 32.2. The number of carbonyl (C=O) groups is 4. The van der Waals surface area contributed by atoms with Crippen LogP contribution in [0.3, 0.4) is 0 Å². The van der Waals surface area contributed by atoms with Crippen molar-refractivity contribution >= 4 is 57.7 Å². The van der Waals surface area contributed by atoms with Gasteiger partial charge in [0.2, 0.25) is 6.79 Å². The van der Waals surface area contributed by atoms with Crippen molar-refractivity contribution in [2.75, 3.05) is 18.3 Å². The lowest BCUT2D eigenvalue weighted by molar-refractivity contribution is -0.173. The Balaban J connectivity index is 1.69. The first-order chi connectivity index (χ1) is 16.0. The van der Waals surface area contributed by atoms with Gasteiger partial charge in [-0.15, -0.1) is 23.1 Å². The Labute approximate surface area is 202 Å². The molecule has 3 heterocycles. The van der Waals surface area contributed by atoms with Gasteiger partial charge in [-0.25, -0.2) is 9.78 Å². The summed E-state index contributed by atoms with van der Waals surface area (Å²) < 4.78 is 10.0. The Morgan fingerprint density at radius 1 is 1.41 bits per heavy atom. The molecule has 34 heavy (non-hydrogen) atoms. The number of hydrogen-bond donors (Lipinski definition) is 3. The van der Waals surface area contributed by atoms with Gasteiger partial charge in [-0.1, -0.05) is 17.8 Å². The number of fused-ring (bicyclic) bond motifs is 1. The van der Waals surface area contributed by atoms with E-state index in [0.717, 1.165) is 11.3 Å². The summed E-state index contributed by atoms with van der Waals surface area (Å²) in [5, 5.41) is 15.7. The number of esters is 2. The number of thioether (sulfide) groups is 1. The number of nitrogens with one attached hydrogen (secondary N) is 1. The molecule has 1 aromatic rings. The minimum Gasteiger partial charge on any atom is -0.427 e. The van der Waals surface area contributed by atoms with Crippen molar-refractivity contribution in [2.45, 2.75) is 32.2 Å². The summed E-state index contributed by atoms with van der Waals surface area (Å²) in [4.78, 5) is 55.2. The molecule has 0 saturated carbocycles. The molecule has 2 amide bonds.